The van der Waals surface area contributed by atoms with Crippen molar-refractivity contribution in [2.45, 2.75) is 13.8 Å². The Morgan fingerprint density at radius 1 is 1.32 bits per heavy atom. The van der Waals surface area contributed by atoms with Crippen LogP contribution in [-0.2, 0) is 0 Å². The van der Waals surface area contributed by atoms with Crippen molar-refractivity contribution in [2.24, 2.45) is 0 Å². The standard InChI is InChI=1S/C14H12BrClO2S/c1-8-5-10(16)6-9(2)14(8)18-7-11(17)12-3-4-13(15)19-12/h3-6H,7H2,1-2H3. The molecule has 0 N–H and O–H groups in total. The molecule has 0 spiro atoms. The molecule has 0 saturated heterocycles. The lowest BCUT2D eigenvalue weighted by molar-refractivity contribution is 0.0925. The van der Waals surface area contributed by atoms with E-state index in [-0.39, 0.29) is 12.4 Å². The lowest BCUT2D eigenvalue weighted by atomic mass is 10.1. The second-order valence-electron chi connectivity index (χ2n) is 4.18. The summed E-state index contributed by atoms with van der Waals surface area (Å²) in [5.74, 6) is 0.706. The van der Waals surface area contributed by atoms with Gasteiger partial charge in [-0.15, -0.1) is 11.3 Å². The zero-order valence-corrected chi connectivity index (χ0v) is 13.7. The van der Waals surface area contributed by atoms with Crippen molar-refractivity contribution in [1.82, 2.24) is 0 Å². The van der Waals surface area contributed by atoms with Gasteiger partial charge in [0, 0.05) is 5.02 Å². The van der Waals surface area contributed by atoms with Crippen molar-refractivity contribution in [3.05, 3.63) is 49.1 Å². The number of ketones is 1. The topological polar surface area (TPSA) is 26.3 Å². The van der Waals surface area contributed by atoms with E-state index in [1.807, 2.05) is 32.0 Å². The minimum absolute atomic E-state index is 0.0237. The van der Waals surface area contributed by atoms with Gasteiger partial charge in [-0.1, -0.05) is 11.6 Å². The highest BCUT2D eigenvalue weighted by Crippen LogP contribution is 2.28. The van der Waals surface area contributed by atoms with Crippen LogP contribution in [-0.4, -0.2) is 12.4 Å². The summed E-state index contributed by atoms with van der Waals surface area (Å²) in [7, 11) is 0. The van der Waals surface area contributed by atoms with Gasteiger partial charge in [-0.05, 0) is 65.2 Å². The van der Waals surface area contributed by atoms with Gasteiger partial charge in [0.15, 0.2) is 6.61 Å². The number of carbonyl (C=O) groups excluding carboxylic acids is 1. The Morgan fingerprint density at radius 2 is 1.95 bits per heavy atom. The van der Waals surface area contributed by atoms with Gasteiger partial charge in [0.1, 0.15) is 5.75 Å². The van der Waals surface area contributed by atoms with Crippen molar-refractivity contribution in [2.75, 3.05) is 6.61 Å². The summed E-state index contributed by atoms with van der Waals surface area (Å²) in [5.41, 5.74) is 1.87. The average Bonchev–Trinajstić information content (AvgIpc) is 2.74. The Balaban J connectivity index is 2.09. The molecule has 2 nitrogen and oxygen atoms in total. The molecule has 0 atom stereocenters. The van der Waals surface area contributed by atoms with E-state index < -0.39 is 0 Å². The maximum Gasteiger partial charge on any atom is 0.210 e. The summed E-state index contributed by atoms with van der Waals surface area (Å²) in [5, 5.41) is 0.677. The SMILES string of the molecule is Cc1cc(Cl)cc(C)c1OCC(=O)c1ccc(Br)s1. The Kier molecular flexibility index (Phi) is 4.66. The third-order valence-corrected chi connectivity index (χ3v) is 4.50. The van der Waals surface area contributed by atoms with Crippen LogP contribution in [0.3, 0.4) is 0 Å². The van der Waals surface area contributed by atoms with Crippen molar-refractivity contribution < 1.29 is 9.53 Å². The minimum atomic E-state index is -0.0237. The summed E-state index contributed by atoms with van der Waals surface area (Å²) in [6, 6.07) is 7.31. The molecule has 0 aliphatic carbocycles. The Labute approximate surface area is 129 Å². The zero-order chi connectivity index (χ0) is 14.0. The molecule has 2 aromatic rings. The second-order valence-corrected chi connectivity index (χ2v) is 7.08. The molecule has 0 aliphatic rings. The smallest absolute Gasteiger partial charge is 0.210 e. The molecule has 2 rings (SSSR count). The van der Waals surface area contributed by atoms with E-state index in [0.717, 1.165) is 20.7 Å². The highest BCUT2D eigenvalue weighted by atomic mass is 79.9. The summed E-state index contributed by atoms with van der Waals surface area (Å²) in [4.78, 5) is 12.7. The zero-order valence-electron chi connectivity index (χ0n) is 10.5. The van der Waals surface area contributed by atoms with E-state index in [4.69, 9.17) is 16.3 Å². The lowest BCUT2D eigenvalue weighted by Crippen LogP contribution is -2.11. The van der Waals surface area contributed by atoms with Crippen LogP contribution in [0.5, 0.6) is 5.75 Å². The highest BCUT2D eigenvalue weighted by molar-refractivity contribution is 9.11. The number of benzene rings is 1. The molecule has 1 heterocycles. The van der Waals surface area contributed by atoms with Gasteiger partial charge in [-0.3, -0.25) is 4.79 Å². The Bertz CT molecular complexity index is 599. The third-order valence-electron chi connectivity index (χ3n) is 2.62. The number of Topliss-reactive ketones (excluding diaryl/α,β-unsaturated/α-hetero) is 1. The molecule has 100 valence electrons. The molecule has 0 bridgehead atoms. The van der Waals surface area contributed by atoms with Gasteiger partial charge >= 0.3 is 0 Å². The van der Waals surface area contributed by atoms with Crippen LogP contribution in [0.2, 0.25) is 5.02 Å². The third kappa shape index (κ3) is 3.59. The fourth-order valence-corrected chi connectivity index (χ4v) is 3.44. The predicted octanol–water partition coefficient (Wildman–Crippen LogP) is 5.04. The summed E-state index contributed by atoms with van der Waals surface area (Å²) in [6.07, 6.45) is 0. The fourth-order valence-electron chi connectivity index (χ4n) is 1.80. The van der Waals surface area contributed by atoms with Gasteiger partial charge in [0.2, 0.25) is 5.78 Å². The van der Waals surface area contributed by atoms with Crippen LogP contribution < -0.4 is 4.74 Å². The molecule has 0 aliphatic heterocycles. The van der Waals surface area contributed by atoms with Gasteiger partial charge in [-0.2, -0.15) is 0 Å². The highest BCUT2D eigenvalue weighted by Gasteiger charge is 2.12. The van der Waals surface area contributed by atoms with Crippen LogP contribution in [0.15, 0.2) is 28.1 Å². The molecular formula is C14H12BrClO2S. The average molecular weight is 360 g/mol. The van der Waals surface area contributed by atoms with Crippen molar-refractivity contribution in [3.63, 3.8) is 0 Å². The van der Waals surface area contributed by atoms with E-state index in [0.29, 0.717) is 9.90 Å². The number of rotatable bonds is 4. The normalized spacial score (nSPS) is 10.5. The van der Waals surface area contributed by atoms with Crippen LogP contribution in [0.4, 0.5) is 0 Å². The van der Waals surface area contributed by atoms with E-state index >= 15 is 0 Å². The molecule has 0 saturated carbocycles. The number of thiophene rings is 1. The molecule has 0 amide bonds. The van der Waals surface area contributed by atoms with Gasteiger partial charge < -0.3 is 4.74 Å². The molecular weight excluding hydrogens is 348 g/mol. The molecule has 19 heavy (non-hydrogen) atoms. The van der Waals surface area contributed by atoms with Gasteiger partial charge in [-0.25, -0.2) is 0 Å². The van der Waals surface area contributed by atoms with Crippen molar-refractivity contribution in [1.29, 1.82) is 0 Å². The largest absolute Gasteiger partial charge is 0.485 e. The molecule has 0 radical (unpaired) electrons. The quantitative estimate of drug-likeness (QED) is 0.715. The van der Waals surface area contributed by atoms with Gasteiger partial charge in [0.05, 0.1) is 8.66 Å². The Hall–Kier alpha value is -0.840. The number of ether oxygens (including phenoxy) is 1. The first-order valence-corrected chi connectivity index (χ1v) is 7.64. The summed E-state index contributed by atoms with van der Waals surface area (Å²) >= 11 is 10.7. The molecule has 1 aromatic carbocycles. The van der Waals surface area contributed by atoms with Gasteiger partial charge in [0.25, 0.3) is 0 Å². The summed E-state index contributed by atoms with van der Waals surface area (Å²) in [6.45, 7) is 3.87. The first-order valence-electron chi connectivity index (χ1n) is 5.65. The van der Waals surface area contributed by atoms with Crippen LogP contribution in [0, 0.1) is 13.8 Å². The first kappa shape index (κ1) is 14.6. The van der Waals surface area contributed by atoms with Crippen molar-refractivity contribution >= 4 is 44.7 Å². The number of hydrogen-bond acceptors (Lipinski definition) is 3. The van der Waals surface area contributed by atoms with Crippen LogP contribution >= 0.6 is 38.9 Å². The van der Waals surface area contributed by atoms with E-state index in [1.54, 1.807) is 6.07 Å². The maximum atomic E-state index is 12.0. The maximum absolute atomic E-state index is 12.0. The monoisotopic (exact) mass is 358 g/mol. The number of halogens is 2. The Morgan fingerprint density at radius 3 is 2.47 bits per heavy atom. The lowest BCUT2D eigenvalue weighted by Gasteiger charge is -2.11. The molecule has 0 fully saturated rings. The van der Waals surface area contributed by atoms with E-state index in [2.05, 4.69) is 15.9 Å². The molecule has 0 unspecified atom stereocenters. The number of aryl methyl sites for hydroxylation is 2. The van der Waals surface area contributed by atoms with Crippen LogP contribution in [0.1, 0.15) is 20.8 Å². The predicted molar refractivity (Wildman–Crippen MR) is 82.8 cm³/mol. The first-order chi connectivity index (χ1) is 8.97. The summed E-state index contributed by atoms with van der Waals surface area (Å²) < 4.78 is 6.57. The molecule has 1 aromatic heterocycles. The fraction of sp³-hybridized carbons (Fsp3) is 0.214. The van der Waals surface area contributed by atoms with Crippen molar-refractivity contribution in [3.8, 4) is 5.75 Å². The second kappa shape index (κ2) is 6.07. The van der Waals surface area contributed by atoms with E-state index in [9.17, 15) is 4.79 Å². The molecule has 5 heteroatoms. The number of hydrogen-bond donors (Lipinski definition) is 0. The van der Waals surface area contributed by atoms with Crippen LogP contribution in [0.25, 0.3) is 0 Å². The number of carbonyl (C=O) groups is 1. The minimum Gasteiger partial charge on any atom is -0.485 e. The van der Waals surface area contributed by atoms with E-state index in [1.165, 1.54) is 11.3 Å².